The highest BCUT2D eigenvalue weighted by atomic mass is 16.8. The summed E-state index contributed by atoms with van der Waals surface area (Å²) < 4.78 is 14.8. The fourth-order valence-corrected chi connectivity index (χ4v) is 0.929. The molecule has 70 valence electrons. The van der Waals surface area contributed by atoms with Gasteiger partial charge >= 0.3 is 6.16 Å². The molecular weight excluding hydrogens is 160 g/mol. The zero-order valence-corrected chi connectivity index (χ0v) is 7.46. The molecule has 1 rings (SSSR count). The molecule has 0 aromatic rings. The van der Waals surface area contributed by atoms with E-state index in [9.17, 15) is 4.79 Å². The molecule has 0 radical (unpaired) electrons. The van der Waals surface area contributed by atoms with Crippen molar-refractivity contribution in [1.82, 2.24) is 0 Å². The first kappa shape index (κ1) is 9.32. The van der Waals surface area contributed by atoms with Crippen molar-refractivity contribution >= 4 is 6.16 Å². The van der Waals surface area contributed by atoms with E-state index >= 15 is 0 Å². The van der Waals surface area contributed by atoms with E-state index in [-0.39, 0.29) is 6.61 Å². The summed E-state index contributed by atoms with van der Waals surface area (Å²) in [4.78, 5) is 10.6. The highest BCUT2D eigenvalue weighted by molar-refractivity contribution is 5.62. The standard InChI is InChI=1S/C8H14O4/c1-3-4-5-11-8(2)6-10-7(9)12-8/h3-6H2,1-2H3. The molecule has 0 aromatic carbocycles. The first-order valence-electron chi connectivity index (χ1n) is 4.16. The first-order chi connectivity index (χ1) is 5.66. The van der Waals surface area contributed by atoms with Gasteiger partial charge in [-0.25, -0.2) is 4.79 Å². The minimum Gasteiger partial charge on any atom is -0.427 e. The van der Waals surface area contributed by atoms with Gasteiger partial charge in [-0.2, -0.15) is 0 Å². The van der Waals surface area contributed by atoms with E-state index in [0.717, 1.165) is 12.8 Å². The third-order valence-corrected chi connectivity index (χ3v) is 1.66. The molecular formula is C8H14O4. The van der Waals surface area contributed by atoms with Crippen LogP contribution in [0.4, 0.5) is 4.79 Å². The molecule has 1 heterocycles. The number of hydrogen-bond acceptors (Lipinski definition) is 4. The van der Waals surface area contributed by atoms with Gasteiger partial charge in [0.25, 0.3) is 0 Å². The topological polar surface area (TPSA) is 44.8 Å². The van der Waals surface area contributed by atoms with E-state index in [0.29, 0.717) is 6.61 Å². The molecule has 0 spiro atoms. The van der Waals surface area contributed by atoms with Crippen LogP contribution >= 0.6 is 0 Å². The van der Waals surface area contributed by atoms with Crippen LogP contribution in [-0.2, 0) is 14.2 Å². The van der Waals surface area contributed by atoms with E-state index in [2.05, 4.69) is 11.7 Å². The monoisotopic (exact) mass is 174 g/mol. The maximum Gasteiger partial charge on any atom is 0.511 e. The van der Waals surface area contributed by atoms with Crippen LogP contribution in [0.2, 0.25) is 0 Å². The Morgan fingerprint density at radius 2 is 2.42 bits per heavy atom. The molecule has 1 atom stereocenters. The van der Waals surface area contributed by atoms with Crippen molar-refractivity contribution in [2.24, 2.45) is 0 Å². The molecule has 0 saturated carbocycles. The van der Waals surface area contributed by atoms with Gasteiger partial charge in [-0.3, -0.25) is 0 Å². The van der Waals surface area contributed by atoms with E-state index in [1.165, 1.54) is 0 Å². The van der Waals surface area contributed by atoms with Crippen LogP contribution in [0.5, 0.6) is 0 Å². The van der Waals surface area contributed by atoms with Crippen LogP contribution in [0.15, 0.2) is 0 Å². The molecule has 1 fully saturated rings. The molecule has 1 aliphatic heterocycles. The van der Waals surface area contributed by atoms with Gasteiger partial charge in [-0.1, -0.05) is 13.3 Å². The highest BCUT2D eigenvalue weighted by Gasteiger charge is 2.38. The lowest BCUT2D eigenvalue weighted by molar-refractivity contribution is -0.166. The Balaban J connectivity index is 2.25. The molecule has 0 aliphatic carbocycles. The van der Waals surface area contributed by atoms with Gasteiger partial charge in [-0.15, -0.1) is 0 Å². The number of rotatable bonds is 4. The maximum atomic E-state index is 10.6. The molecule has 4 nitrogen and oxygen atoms in total. The summed E-state index contributed by atoms with van der Waals surface area (Å²) >= 11 is 0. The number of cyclic esters (lactones) is 2. The first-order valence-corrected chi connectivity index (χ1v) is 4.16. The van der Waals surface area contributed by atoms with E-state index in [1.54, 1.807) is 6.92 Å². The number of hydrogen-bond donors (Lipinski definition) is 0. The summed E-state index contributed by atoms with van der Waals surface area (Å²) in [6.07, 6.45) is 1.38. The van der Waals surface area contributed by atoms with Gasteiger partial charge in [0.05, 0.1) is 6.61 Å². The van der Waals surface area contributed by atoms with Crippen LogP contribution in [0, 0.1) is 0 Å². The minimum absolute atomic E-state index is 0.190. The molecule has 1 aliphatic rings. The van der Waals surface area contributed by atoms with Crippen LogP contribution in [-0.4, -0.2) is 25.2 Å². The van der Waals surface area contributed by atoms with E-state index < -0.39 is 11.9 Å². The van der Waals surface area contributed by atoms with Crippen LogP contribution in [0.3, 0.4) is 0 Å². The fraction of sp³-hybridized carbons (Fsp3) is 0.875. The van der Waals surface area contributed by atoms with Crippen LogP contribution in [0.1, 0.15) is 26.7 Å². The average Bonchev–Trinajstić information content (AvgIpc) is 2.32. The Morgan fingerprint density at radius 1 is 1.67 bits per heavy atom. The number of ether oxygens (including phenoxy) is 3. The zero-order valence-electron chi connectivity index (χ0n) is 7.46. The largest absolute Gasteiger partial charge is 0.511 e. The molecule has 1 unspecified atom stereocenters. The molecule has 1 saturated heterocycles. The predicted octanol–water partition coefficient (Wildman–Crippen LogP) is 1.69. The zero-order chi connectivity index (χ0) is 9.03. The van der Waals surface area contributed by atoms with Crippen molar-refractivity contribution in [3.8, 4) is 0 Å². The van der Waals surface area contributed by atoms with Gasteiger partial charge in [0.15, 0.2) is 6.61 Å². The quantitative estimate of drug-likeness (QED) is 0.480. The summed E-state index contributed by atoms with van der Waals surface area (Å²) in [6.45, 7) is 4.57. The lowest BCUT2D eigenvalue weighted by Crippen LogP contribution is -2.31. The Kier molecular flexibility index (Phi) is 2.92. The maximum absolute atomic E-state index is 10.6. The van der Waals surface area contributed by atoms with Crippen molar-refractivity contribution in [2.75, 3.05) is 13.2 Å². The average molecular weight is 174 g/mol. The van der Waals surface area contributed by atoms with Gasteiger partial charge in [-0.05, 0) is 6.42 Å². The normalized spacial score (nSPS) is 28.3. The third-order valence-electron chi connectivity index (χ3n) is 1.66. The Bertz CT molecular complexity index is 168. The van der Waals surface area contributed by atoms with Crippen molar-refractivity contribution in [1.29, 1.82) is 0 Å². The van der Waals surface area contributed by atoms with Gasteiger partial charge < -0.3 is 14.2 Å². The number of unbranched alkanes of at least 4 members (excludes halogenated alkanes) is 1. The van der Waals surface area contributed by atoms with Crippen molar-refractivity contribution in [2.45, 2.75) is 32.5 Å². The van der Waals surface area contributed by atoms with Crippen LogP contribution < -0.4 is 0 Å². The Hall–Kier alpha value is -0.770. The van der Waals surface area contributed by atoms with E-state index in [4.69, 9.17) is 9.47 Å². The Labute approximate surface area is 71.8 Å². The summed E-state index contributed by atoms with van der Waals surface area (Å²) in [5.74, 6) is -0.855. The third kappa shape index (κ3) is 2.37. The summed E-state index contributed by atoms with van der Waals surface area (Å²) in [5, 5.41) is 0. The van der Waals surface area contributed by atoms with Gasteiger partial charge in [0.2, 0.25) is 5.79 Å². The molecule has 0 aromatic heterocycles. The molecule has 0 bridgehead atoms. The summed E-state index contributed by atoms with van der Waals surface area (Å²) in [6, 6.07) is 0. The second-order valence-electron chi connectivity index (χ2n) is 2.98. The minimum atomic E-state index is -0.855. The molecule has 0 amide bonds. The predicted molar refractivity (Wildman–Crippen MR) is 41.7 cm³/mol. The molecule has 12 heavy (non-hydrogen) atoms. The summed E-state index contributed by atoms with van der Waals surface area (Å²) in [7, 11) is 0. The van der Waals surface area contributed by atoms with Crippen molar-refractivity contribution in [3.05, 3.63) is 0 Å². The number of carbonyl (C=O) groups excluding carboxylic acids is 1. The van der Waals surface area contributed by atoms with Crippen molar-refractivity contribution < 1.29 is 19.0 Å². The second kappa shape index (κ2) is 3.76. The van der Waals surface area contributed by atoms with Gasteiger partial charge in [0.1, 0.15) is 0 Å². The fourth-order valence-electron chi connectivity index (χ4n) is 0.929. The molecule has 4 heteroatoms. The lowest BCUT2D eigenvalue weighted by atomic mass is 10.3. The molecule has 0 N–H and O–H groups in total. The van der Waals surface area contributed by atoms with Crippen LogP contribution in [0.25, 0.3) is 0 Å². The highest BCUT2D eigenvalue weighted by Crippen LogP contribution is 2.20. The summed E-state index contributed by atoms with van der Waals surface area (Å²) in [5.41, 5.74) is 0. The smallest absolute Gasteiger partial charge is 0.427 e. The van der Waals surface area contributed by atoms with Gasteiger partial charge in [0, 0.05) is 6.92 Å². The van der Waals surface area contributed by atoms with Crippen molar-refractivity contribution in [3.63, 3.8) is 0 Å². The Morgan fingerprint density at radius 3 is 2.92 bits per heavy atom. The number of carbonyl (C=O) groups is 1. The van der Waals surface area contributed by atoms with E-state index in [1.807, 2.05) is 0 Å². The lowest BCUT2D eigenvalue weighted by Gasteiger charge is -2.19. The SMILES string of the molecule is CCCCOC1(C)COC(=O)O1. The second-order valence-corrected chi connectivity index (χ2v) is 2.98.